The number of hydrogen-bond acceptors (Lipinski definition) is 2. The Hall–Kier alpha value is -1.12. The highest BCUT2D eigenvalue weighted by molar-refractivity contribution is 5.53. The molecule has 1 rings (SSSR count). The summed E-state index contributed by atoms with van der Waals surface area (Å²) in [6, 6.07) is 8.10. The third-order valence-corrected chi connectivity index (χ3v) is 2.08. The van der Waals surface area contributed by atoms with E-state index >= 15 is 0 Å². The molecule has 0 saturated heterocycles. The van der Waals surface area contributed by atoms with Crippen LogP contribution in [0.15, 0.2) is 30.3 Å². The first kappa shape index (κ1) is 11.0. The van der Waals surface area contributed by atoms with Crippen LogP contribution in [0, 0.1) is 0 Å². The number of benzene rings is 1. The number of rotatable bonds is 4. The van der Waals surface area contributed by atoms with Gasteiger partial charge >= 0.3 is 0 Å². The van der Waals surface area contributed by atoms with Crippen molar-refractivity contribution in [3.8, 4) is 0 Å². The van der Waals surface area contributed by atoms with Crippen LogP contribution in [-0.4, -0.2) is 16.5 Å². The summed E-state index contributed by atoms with van der Waals surface area (Å²) in [7, 11) is 0. The van der Waals surface area contributed by atoms with E-state index in [4.69, 9.17) is 10.2 Å². The lowest BCUT2D eigenvalue weighted by Crippen LogP contribution is -2.00. The monoisotopic (exact) mass is 192 g/mol. The summed E-state index contributed by atoms with van der Waals surface area (Å²) in [6.07, 6.45) is 3.72. The summed E-state index contributed by atoms with van der Waals surface area (Å²) in [5.41, 5.74) is 2.42. The lowest BCUT2D eigenvalue weighted by Gasteiger charge is -2.02. The predicted molar refractivity (Wildman–Crippen MR) is 57.7 cm³/mol. The van der Waals surface area contributed by atoms with Gasteiger partial charge < -0.3 is 10.2 Å². The normalized spacial score (nSPS) is 11.4. The van der Waals surface area contributed by atoms with Gasteiger partial charge in [-0.05, 0) is 17.5 Å². The molecule has 14 heavy (non-hydrogen) atoms. The predicted octanol–water partition coefficient (Wildman–Crippen LogP) is 1.96. The highest BCUT2D eigenvalue weighted by Crippen LogP contribution is 2.11. The van der Waals surface area contributed by atoms with Crippen molar-refractivity contribution in [2.24, 2.45) is 0 Å². The molecule has 1 aromatic rings. The second-order valence-corrected chi connectivity index (χ2v) is 3.17. The van der Waals surface area contributed by atoms with Crippen LogP contribution in [0.4, 0.5) is 0 Å². The minimum Gasteiger partial charge on any atom is -0.368 e. The smallest absolute Gasteiger partial charge is 0.154 e. The first-order valence-corrected chi connectivity index (χ1v) is 4.84. The van der Waals surface area contributed by atoms with Gasteiger partial charge in [-0.3, -0.25) is 0 Å². The number of aliphatic hydroxyl groups excluding tert-OH is 1. The van der Waals surface area contributed by atoms with E-state index in [1.165, 1.54) is 5.56 Å². The molecule has 0 fully saturated rings. The van der Waals surface area contributed by atoms with Crippen LogP contribution in [0.5, 0.6) is 0 Å². The van der Waals surface area contributed by atoms with Crippen molar-refractivity contribution in [2.45, 2.75) is 26.1 Å². The standard InChI is InChI=1S/C12H16O2/c1-2-10-6-3-4-7-11(10)8-5-9-12(13)14/h3-8,12-14H,2,9H2,1H3/b8-5+. The molecule has 0 spiro atoms. The SMILES string of the molecule is CCc1ccccc1/C=C/CC(O)O. The summed E-state index contributed by atoms with van der Waals surface area (Å²) in [6.45, 7) is 2.10. The van der Waals surface area contributed by atoms with E-state index in [2.05, 4.69) is 13.0 Å². The van der Waals surface area contributed by atoms with Crippen molar-refractivity contribution >= 4 is 6.08 Å². The Labute approximate surface area is 84.5 Å². The van der Waals surface area contributed by atoms with E-state index in [-0.39, 0.29) is 6.42 Å². The van der Waals surface area contributed by atoms with E-state index in [9.17, 15) is 0 Å². The maximum Gasteiger partial charge on any atom is 0.154 e. The highest BCUT2D eigenvalue weighted by atomic mass is 16.5. The van der Waals surface area contributed by atoms with E-state index in [1.807, 2.05) is 24.3 Å². The lowest BCUT2D eigenvalue weighted by atomic mass is 10.0. The highest BCUT2D eigenvalue weighted by Gasteiger charge is 1.95. The largest absolute Gasteiger partial charge is 0.368 e. The van der Waals surface area contributed by atoms with E-state index in [1.54, 1.807) is 6.08 Å². The Bertz CT molecular complexity index is 303. The van der Waals surface area contributed by atoms with Crippen LogP contribution in [0.25, 0.3) is 6.08 Å². The Kier molecular flexibility index (Phi) is 4.36. The van der Waals surface area contributed by atoms with Gasteiger partial charge in [0, 0.05) is 6.42 Å². The Morgan fingerprint density at radius 3 is 2.64 bits per heavy atom. The Morgan fingerprint density at radius 1 is 1.29 bits per heavy atom. The summed E-state index contributed by atoms with van der Waals surface area (Å²) >= 11 is 0. The van der Waals surface area contributed by atoms with Crippen molar-refractivity contribution in [2.75, 3.05) is 0 Å². The average molecular weight is 192 g/mol. The van der Waals surface area contributed by atoms with Gasteiger partial charge in [0.15, 0.2) is 6.29 Å². The zero-order valence-corrected chi connectivity index (χ0v) is 8.35. The van der Waals surface area contributed by atoms with Crippen LogP contribution < -0.4 is 0 Å². The third kappa shape index (κ3) is 3.32. The van der Waals surface area contributed by atoms with Gasteiger partial charge in [0.2, 0.25) is 0 Å². The molecule has 0 radical (unpaired) electrons. The molecule has 0 atom stereocenters. The molecule has 0 heterocycles. The van der Waals surface area contributed by atoms with E-state index < -0.39 is 6.29 Å². The van der Waals surface area contributed by atoms with Crippen molar-refractivity contribution in [1.82, 2.24) is 0 Å². The topological polar surface area (TPSA) is 40.5 Å². The molecule has 2 N–H and O–H groups in total. The van der Waals surface area contributed by atoms with Crippen LogP contribution in [0.1, 0.15) is 24.5 Å². The first-order chi connectivity index (χ1) is 6.74. The molecule has 0 amide bonds. The Balaban J connectivity index is 2.70. The maximum atomic E-state index is 8.66. The minimum absolute atomic E-state index is 0.276. The summed E-state index contributed by atoms with van der Waals surface area (Å²) < 4.78 is 0. The van der Waals surface area contributed by atoms with Gasteiger partial charge in [-0.1, -0.05) is 43.3 Å². The van der Waals surface area contributed by atoms with Crippen LogP contribution in [0.3, 0.4) is 0 Å². The molecule has 0 saturated carbocycles. The fourth-order valence-corrected chi connectivity index (χ4v) is 1.34. The number of hydrogen-bond donors (Lipinski definition) is 2. The summed E-state index contributed by atoms with van der Waals surface area (Å²) in [5.74, 6) is 0. The zero-order valence-electron chi connectivity index (χ0n) is 8.35. The van der Waals surface area contributed by atoms with E-state index in [0.717, 1.165) is 12.0 Å². The van der Waals surface area contributed by atoms with Crippen LogP contribution >= 0.6 is 0 Å². The van der Waals surface area contributed by atoms with Gasteiger partial charge in [0.25, 0.3) is 0 Å². The lowest BCUT2D eigenvalue weighted by molar-refractivity contribution is -0.0359. The van der Waals surface area contributed by atoms with Crippen molar-refractivity contribution in [3.05, 3.63) is 41.5 Å². The Morgan fingerprint density at radius 2 is 2.00 bits per heavy atom. The van der Waals surface area contributed by atoms with Gasteiger partial charge in [0.1, 0.15) is 0 Å². The second-order valence-electron chi connectivity index (χ2n) is 3.17. The molecule has 0 bridgehead atoms. The molecule has 2 heteroatoms. The molecule has 0 aliphatic heterocycles. The fourth-order valence-electron chi connectivity index (χ4n) is 1.34. The maximum absolute atomic E-state index is 8.66. The molecule has 0 aromatic heterocycles. The third-order valence-electron chi connectivity index (χ3n) is 2.08. The average Bonchev–Trinajstić information content (AvgIpc) is 2.18. The van der Waals surface area contributed by atoms with Gasteiger partial charge in [-0.15, -0.1) is 0 Å². The molecular weight excluding hydrogens is 176 g/mol. The molecular formula is C12H16O2. The first-order valence-electron chi connectivity index (χ1n) is 4.84. The summed E-state index contributed by atoms with van der Waals surface area (Å²) in [5, 5.41) is 17.3. The van der Waals surface area contributed by atoms with Crippen molar-refractivity contribution in [3.63, 3.8) is 0 Å². The molecule has 0 aliphatic carbocycles. The van der Waals surface area contributed by atoms with Gasteiger partial charge in [-0.25, -0.2) is 0 Å². The van der Waals surface area contributed by atoms with Gasteiger partial charge in [-0.2, -0.15) is 0 Å². The van der Waals surface area contributed by atoms with Crippen LogP contribution in [0.2, 0.25) is 0 Å². The zero-order chi connectivity index (χ0) is 10.4. The van der Waals surface area contributed by atoms with Gasteiger partial charge in [0.05, 0.1) is 0 Å². The summed E-state index contributed by atoms with van der Waals surface area (Å²) in [4.78, 5) is 0. The molecule has 1 aromatic carbocycles. The van der Waals surface area contributed by atoms with Crippen LogP contribution in [-0.2, 0) is 6.42 Å². The second kappa shape index (κ2) is 5.58. The fraction of sp³-hybridized carbons (Fsp3) is 0.333. The van der Waals surface area contributed by atoms with Crippen molar-refractivity contribution < 1.29 is 10.2 Å². The minimum atomic E-state index is -1.25. The molecule has 0 aliphatic rings. The molecule has 76 valence electrons. The van der Waals surface area contributed by atoms with E-state index in [0.29, 0.717) is 0 Å². The molecule has 0 unspecified atom stereocenters. The van der Waals surface area contributed by atoms with Crippen molar-refractivity contribution in [1.29, 1.82) is 0 Å². The number of aryl methyl sites for hydroxylation is 1. The quantitative estimate of drug-likeness (QED) is 0.716. The number of aliphatic hydroxyl groups is 2. The molecule has 2 nitrogen and oxygen atoms in total.